The molecule has 2 heterocycles. The fraction of sp³-hybridized carbons (Fsp3) is 0.438. The maximum atomic E-state index is 11.4. The van der Waals surface area contributed by atoms with E-state index in [9.17, 15) is 4.79 Å². The van der Waals surface area contributed by atoms with Gasteiger partial charge in [0.2, 0.25) is 5.91 Å². The van der Waals surface area contributed by atoms with Crippen LogP contribution in [0.4, 0.5) is 5.82 Å². The average Bonchev–Trinajstić information content (AvgIpc) is 2.54. The number of rotatable bonds is 3. The van der Waals surface area contributed by atoms with Crippen molar-refractivity contribution in [2.75, 3.05) is 25.5 Å². The van der Waals surface area contributed by atoms with Gasteiger partial charge in [0, 0.05) is 37.7 Å². The van der Waals surface area contributed by atoms with Gasteiger partial charge in [0.05, 0.1) is 5.52 Å². The number of aromatic nitrogens is 2. The van der Waals surface area contributed by atoms with Crippen molar-refractivity contribution in [3.63, 3.8) is 0 Å². The third kappa shape index (κ3) is 3.16. The second-order valence-electron chi connectivity index (χ2n) is 5.45. The highest BCUT2D eigenvalue weighted by Gasteiger charge is 2.22. The number of para-hydroxylation sites is 1. The van der Waals surface area contributed by atoms with E-state index in [1.165, 1.54) is 0 Å². The molecule has 0 aliphatic carbocycles. The van der Waals surface area contributed by atoms with E-state index in [0.29, 0.717) is 5.25 Å². The highest BCUT2D eigenvalue weighted by atomic mass is 32.2. The normalized spacial score (nSPS) is 16.0. The lowest BCUT2D eigenvalue weighted by Gasteiger charge is -2.30. The molecule has 0 bridgehead atoms. The monoisotopic (exact) mass is 316 g/mol. The molecule has 22 heavy (non-hydrogen) atoms. The average molecular weight is 316 g/mol. The van der Waals surface area contributed by atoms with Gasteiger partial charge in [-0.2, -0.15) is 0 Å². The molecule has 0 spiro atoms. The zero-order chi connectivity index (χ0) is 15.5. The summed E-state index contributed by atoms with van der Waals surface area (Å²) in [6.45, 7) is 3.30. The van der Waals surface area contributed by atoms with Crippen LogP contribution in [-0.2, 0) is 4.79 Å². The highest BCUT2D eigenvalue weighted by Crippen LogP contribution is 2.31. The molecule has 0 saturated carbocycles. The first kappa shape index (κ1) is 15.1. The van der Waals surface area contributed by atoms with Crippen LogP contribution in [0.2, 0.25) is 0 Å². The number of likely N-dealkylation sites (tertiary alicyclic amines) is 1. The van der Waals surface area contributed by atoms with E-state index in [-0.39, 0.29) is 5.91 Å². The van der Waals surface area contributed by atoms with Gasteiger partial charge >= 0.3 is 0 Å². The molecule has 6 heteroatoms. The van der Waals surface area contributed by atoms with Crippen LogP contribution < -0.4 is 5.32 Å². The summed E-state index contributed by atoms with van der Waals surface area (Å²) in [6.07, 6.45) is 1.99. The molecule has 3 rings (SSSR count). The molecule has 0 atom stereocenters. The van der Waals surface area contributed by atoms with Crippen molar-refractivity contribution in [2.24, 2.45) is 0 Å². The zero-order valence-corrected chi connectivity index (χ0v) is 13.7. The van der Waals surface area contributed by atoms with Gasteiger partial charge in [-0.25, -0.2) is 9.97 Å². The van der Waals surface area contributed by atoms with Crippen LogP contribution in [-0.4, -0.2) is 46.2 Å². The van der Waals surface area contributed by atoms with Crippen LogP contribution in [0.5, 0.6) is 0 Å². The molecule has 1 amide bonds. The van der Waals surface area contributed by atoms with Crippen molar-refractivity contribution in [2.45, 2.75) is 30.2 Å². The Balaban J connectivity index is 1.76. The Morgan fingerprint density at radius 1 is 1.27 bits per heavy atom. The number of anilines is 1. The van der Waals surface area contributed by atoms with Gasteiger partial charge in [-0.15, -0.1) is 0 Å². The largest absolute Gasteiger partial charge is 0.372 e. The van der Waals surface area contributed by atoms with Crippen LogP contribution in [0, 0.1) is 0 Å². The summed E-state index contributed by atoms with van der Waals surface area (Å²) in [6, 6.07) is 8.03. The van der Waals surface area contributed by atoms with E-state index in [0.717, 1.165) is 47.8 Å². The van der Waals surface area contributed by atoms with Crippen molar-refractivity contribution in [1.29, 1.82) is 0 Å². The zero-order valence-electron chi connectivity index (χ0n) is 12.9. The molecule has 0 unspecified atom stereocenters. The van der Waals surface area contributed by atoms with Crippen LogP contribution in [0.1, 0.15) is 19.8 Å². The molecule has 116 valence electrons. The Morgan fingerprint density at radius 3 is 2.68 bits per heavy atom. The fourth-order valence-corrected chi connectivity index (χ4v) is 3.78. The van der Waals surface area contributed by atoms with Crippen molar-refractivity contribution in [1.82, 2.24) is 14.9 Å². The number of fused-ring (bicyclic) bond motifs is 1. The van der Waals surface area contributed by atoms with E-state index in [1.807, 2.05) is 36.2 Å². The van der Waals surface area contributed by atoms with Gasteiger partial charge in [-0.3, -0.25) is 4.79 Å². The van der Waals surface area contributed by atoms with Crippen LogP contribution in [0.3, 0.4) is 0 Å². The second kappa shape index (κ2) is 6.52. The van der Waals surface area contributed by atoms with E-state index < -0.39 is 0 Å². The molecule has 1 fully saturated rings. The molecule has 2 aromatic rings. The summed E-state index contributed by atoms with van der Waals surface area (Å²) in [5, 5.41) is 5.48. The molecule has 5 nitrogen and oxygen atoms in total. The number of benzene rings is 1. The summed E-state index contributed by atoms with van der Waals surface area (Å²) in [5.41, 5.74) is 0.963. The summed E-state index contributed by atoms with van der Waals surface area (Å²) in [4.78, 5) is 22.6. The van der Waals surface area contributed by atoms with Gasteiger partial charge in [0.1, 0.15) is 5.82 Å². The number of piperidine rings is 1. The number of nitrogens with zero attached hydrogens (tertiary/aromatic N) is 3. The van der Waals surface area contributed by atoms with E-state index in [1.54, 1.807) is 18.7 Å². The lowest BCUT2D eigenvalue weighted by atomic mass is 10.1. The summed E-state index contributed by atoms with van der Waals surface area (Å²) in [7, 11) is 1.88. The standard InChI is InChI=1S/C16H20N4OS/c1-11(21)20-9-7-12(8-10-20)22-16-18-14-6-4-3-5-13(14)15(17-2)19-16/h3-6,12H,7-10H2,1-2H3,(H,17,18,19). The number of nitrogens with one attached hydrogen (secondary N) is 1. The smallest absolute Gasteiger partial charge is 0.219 e. The maximum absolute atomic E-state index is 11.4. The van der Waals surface area contributed by atoms with Gasteiger partial charge in [-0.05, 0) is 25.0 Å². The van der Waals surface area contributed by atoms with Gasteiger partial charge in [0.25, 0.3) is 0 Å². The molecular formula is C16H20N4OS. The Morgan fingerprint density at radius 2 is 2.00 bits per heavy atom. The van der Waals surface area contributed by atoms with Crippen LogP contribution in [0.25, 0.3) is 10.9 Å². The van der Waals surface area contributed by atoms with Crippen molar-refractivity contribution in [3.05, 3.63) is 24.3 Å². The predicted octanol–water partition coefficient (Wildman–Crippen LogP) is 2.77. The van der Waals surface area contributed by atoms with Gasteiger partial charge in [-0.1, -0.05) is 23.9 Å². The predicted molar refractivity (Wildman–Crippen MR) is 90.2 cm³/mol. The molecule has 1 aromatic carbocycles. The lowest BCUT2D eigenvalue weighted by Crippen LogP contribution is -2.37. The van der Waals surface area contributed by atoms with Crippen molar-refractivity contribution >= 4 is 34.4 Å². The number of carbonyl (C=O) groups excluding carboxylic acids is 1. The minimum atomic E-state index is 0.169. The first-order valence-corrected chi connectivity index (χ1v) is 8.42. The third-order valence-electron chi connectivity index (χ3n) is 3.98. The minimum Gasteiger partial charge on any atom is -0.372 e. The van der Waals surface area contributed by atoms with Crippen LogP contribution >= 0.6 is 11.8 Å². The van der Waals surface area contributed by atoms with Crippen LogP contribution in [0.15, 0.2) is 29.4 Å². The Bertz CT molecular complexity index is 683. The lowest BCUT2D eigenvalue weighted by molar-refractivity contribution is -0.129. The maximum Gasteiger partial charge on any atom is 0.219 e. The topological polar surface area (TPSA) is 58.1 Å². The molecule has 1 N–H and O–H groups in total. The Hall–Kier alpha value is -1.82. The van der Waals surface area contributed by atoms with E-state index in [2.05, 4.69) is 15.3 Å². The molecular weight excluding hydrogens is 296 g/mol. The Kier molecular flexibility index (Phi) is 4.47. The summed E-state index contributed by atoms with van der Waals surface area (Å²) >= 11 is 1.72. The summed E-state index contributed by atoms with van der Waals surface area (Å²) in [5.74, 6) is 1.04. The third-order valence-corrected chi connectivity index (χ3v) is 5.18. The second-order valence-corrected chi connectivity index (χ2v) is 6.71. The Labute approximate surface area is 134 Å². The first-order chi connectivity index (χ1) is 10.7. The summed E-state index contributed by atoms with van der Waals surface area (Å²) < 4.78 is 0. The number of amides is 1. The fourth-order valence-electron chi connectivity index (χ4n) is 2.74. The molecule has 1 aromatic heterocycles. The SMILES string of the molecule is CNc1nc(SC2CCN(C(C)=O)CC2)nc2ccccc12. The first-order valence-electron chi connectivity index (χ1n) is 7.54. The van der Waals surface area contributed by atoms with Crippen molar-refractivity contribution in [3.8, 4) is 0 Å². The van der Waals surface area contributed by atoms with Gasteiger partial charge in [0.15, 0.2) is 5.16 Å². The quantitative estimate of drug-likeness (QED) is 0.882. The van der Waals surface area contributed by atoms with Crippen molar-refractivity contribution < 1.29 is 4.79 Å². The minimum absolute atomic E-state index is 0.169. The van der Waals surface area contributed by atoms with E-state index >= 15 is 0 Å². The molecule has 1 saturated heterocycles. The number of thioether (sulfide) groups is 1. The molecule has 1 aliphatic heterocycles. The van der Waals surface area contributed by atoms with Gasteiger partial charge < -0.3 is 10.2 Å². The molecule has 0 radical (unpaired) electrons. The molecule has 1 aliphatic rings. The van der Waals surface area contributed by atoms with E-state index in [4.69, 9.17) is 0 Å². The number of hydrogen-bond donors (Lipinski definition) is 1. The number of carbonyl (C=O) groups is 1. The highest BCUT2D eigenvalue weighted by molar-refractivity contribution is 7.99. The number of hydrogen-bond acceptors (Lipinski definition) is 5.